The smallest absolute Gasteiger partial charge is 0.316 e. The van der Waals surface area contributed by atoms with Crippen molar-refractivity contribution in [1.82, 2.24) is 14.7 Å². The molecule has 1 atom stereocenters. The van der Waals surface area contributed by atoms with E-state index in [1.54, 1.807) is 30.0 Å². The zero-order valence-electron chi connectivity index (χ0n) is 23.3. The minimum atomic E-state index is -1.10. The molecule has 2 fully saturated rings. The number of nitroso groups, excluding NO2 is 1. The van der Waals surface area contributed by atoms with Crippen molar-refractivity contribution in [3.05, 3.63) is 80.1 Å². The van der Waals surface area contributed by atoms with Gasteiger partial charge in [-0.25, -0.2) is 4.39 Å². The third-order valence-electron chi connectivity index (χ3n) is 9.03. The van der Waals surface area contributed by atoms with E-state index in [9.17, 15) is 24.6 Å². The van der Waals surface area contributed by atoms with E-state index < -0.39 is 23.0 Å². The molecule has 9 nitrogen and oxygen atoms in total. The van der Waals surface area contributed by atoms with Gasteiger partial charge >= 0.3 is 5.91 Å². The maximum absolute atomic E-state index is 15.4. The van der Waals surface area contributed by atoms with Crippen molar-refractivity contribution in [3.63, 3.8) is 0 Å². The van der Waals surface area contributed by atoms with Crippen molar-refractivity contribution in [2.45, 2.75) is 49.2 Å². The van der Waals surface area contributed by atoms with Crippen LogP contribution in [-0.4, -0.2) is 57.0 Å². The molecule has 12 heteroatoms. The first-order chi connectivity index (χ1) is 20.7. The summed E-state index contributed by atoms with van der Waals surface area (Å²) in [7, 11) is 0. The Morgan fingerprint density at radius 1 is 1.21 bits per heavy atom. The summed E-state index contributed by atoms with van der Waals surface area (Å²) in [5.41, 5.74) is 1.04. The molecule has 43 heavy (non-hydrogen) atoms. The number of nitrogens with zero attached hydrogens (tertiary/aromatic N) is 5. The molecule has 3 aromatic rings. The zero-order chi connectivity index (χ0) is 30.5. The van der Waals surface area contributed by atoms with Crippen LogP contribution in [0.15, 0.2) is 41.6 Å². The van der Waals surface area contributed by atoms with Crippen molar-refractivity contribution in [3.8, 4) is 17.3 Å². The fraction of sp³-hybridized carbons (Fsp3) is 0.387. The standard InChI is InChI=1S/C31H27ClFN5O4S/c1-43-19-14-37(15-19)29(40)18-7-9-21-25(13-18)38(35-27(21)20-8-6-17(12-24(20)33)28(39)36-42)30(41)26-22(4-2-5-23(26)32)31(16-34)10-3-11-31/h2,4-6,8,12,18-19H,3,7,9-11,13-15H2,1H3/t18-/m0/s1. The van der Waals surface area contributed by atoms with Gasteiger partial charge in [0, 0.05) is 52.5 Å². The number of hydrogen-bond donors (Lipinski definition) is 0. The lowest BCUT2D eigenvalue weighted by molar-refractivity contribution is -0.139. The van der Waals surface area contributed by atoms with E-state index >= 15 is 4.39 Å². The Morgan fingerprint density at radius 2 is 1.98 bits per heavy atom. The average Bonchev–Trinajstić information content (AvgIpc) is 3.34. The van der Waals surface area contributed by atoms with Crippen LogP contribution in [0.25, 0.3) is 11.3 Å². The Bertz CT molecular complexity index is 1720. The van der Waals surface area contributed by atoms with Crippen LogP contribution in [-0.2, 0) is 23.1 Å². The van der Waals surface area contributed by atoms with E-state index in [0.717, 1.165) is 12.5 Å². The summed E-state index contributed by atoms with van der Waals surface area (Å²) >= 11 is 8.35. The maximum atomic E-state index is 15.4. The second-order valence-corrected chi connectivity index (χ2v) is 12.9. The number of nitriles is 1. The van der Waals surface area contributed by atoms with Crippen molar-refractivity contribution in [2.75, 3.05) is 19.3 Å². The highest BCUT2D eigenvalue weighted by atomic mass is 35.5. The number of carbonyl (C=O) groups is 3. The van der Waals surface area contributed by atoms with Gasteiger partial charge in [0.25, 0.3) is 5.91 Å². The predicted molar refractivity (Wildman–Crippen MR) is 159 cm³/mol. The number of likely N-dealkylation sites (tertiary alicyclic amines) is 1. The number of aromatic nitrogens is 2. The van der Waals surface area contributed by atoms with Crippen LogP contribution in [0, 0.1) is 28.0 Å². The molecule has 1 aromatic heterocycles. The maximum Gasteiger partial charge on any atom is 0.316 e. The van der Waals surface area contributed by atoms with E-state index in [-0.39, 0.29) is 45.7 Å². The Kier molecular flexibility index (Phi) is 7.69. The number of hydrogen-bond acceptors (Lipinski definition) is 7. The van der Waals surface area contributed by atoms with Gasteiger partial charge in [-0.05, 0) is 68.2 Å². The van der Waals surface area contributed by atoms with Gasteiger partial charge in [-0.1, -0.05) is 23.7 Å². The van der Waals surface area contributed by atoms with Crippen LogP contribution in [0.4, 0.5) is 4.39 Å². The summed E-state index contributed by atoms with van der Waals surface area (Å²) in [6.07, 6.45) is 5.17. The van der Waals surface area contributed by atoms with E-state index in [4.69, 9.17) is 11.6 Å². The third kappa shape index (κ3) is 4.86. The highest BCUT2D eigenvalue weighted by Crippen LogP contribution is 2.46. The van der Waals surface area contributed by atoms with Crippen LogP contribution in [0.1, 0.15) is 63.2 Å². The summed E-state index contributed by atoms with van der Waals surface area (Å²) < 4.78 is 16.6. The average molecular weight is 620 g/mol. The highest BCUT2D eigenvalue weighted by Gasteiger charge is 2.43. The summed E-state index contributed by atoms with van der Waals surface area (Å²) in [5.74, 6) is -2.81. The van der Waals surface area contributed by atoms with Gasteiger partial charge in [0.05, 0.1) is 33.5 Å². The first-order valence-corrected chi connectivity index (χ1v) is 15.7. The van der Waals surface area contributed by atoms with Gasteiger partial charge in [-0.15, -0.1) is 4.91 Å². The molecule has 3 aliphatic rings. The highest BCUT2D eigenvalue weighted by molar-refractivity contribution is 7.99. The van der Waals surface area contributed by atoms with Crippen molar-refractivity contribution < 1.29 is 18.8 Å². The SMILES string of the molecule is CSC1CN(C(=O)[C@H]2CCc3c(-c4ccc(C(=O)N=O)cc4F)nn(C(=O)c4c(Cl)cccc4C4(C#N)CCC4)c3C2)C1. The van der Waals surface area contributed by atoms with Crippen LogP contribution >= 0.6 is 23.4 Å². The Balaban J connectivity index is 1.45. The summed E-state index contributed by atoms with van der Waals surface area (Å²) in [6.45, 7) is 1.36. The molecule has 2 heterocycles. The third-order valence-corrected chi connectivity index (χ3v) is 10.3. The van der Waals surface area contributed by atoms with Crippen LogP contribution in [0.3, 0.4) is 0 Å². The molecule has 1 saturated heterocycles. The van der Waals surface area contributed by atoms with Crippen LogP contribution in [0.2, 0.25) is 5.02 Å². The largest absolute Gasteiger partial charge is 0.340 e. The molecule has 2 amide bonds. The minimum absolute atomic E-state index is 0.0180. The second kappa shape index (κ2) is 11.3. The minimum Gasteiger partial charge on any atom is -0.340 e. The molecule has 220 valence electrons. The molecule has 2 aromatic carbocycles. The van der Waals surface area contributed by atoms with Crippen LogP contribution < -0.4 is 0 Å². The van der Waals surface area contributed by atoms with Gasteiger partial charge in [-0.3, -0.25) is 14.4 Å². The molecule has 0 bridgehead atoms. The molecule has 0 spiro atoms. The first-order valence-electron chi connectivity index (χ1n) is 14.1. The monoisotopic (exact) mass is 619 g/mol. The summed E-state index contributed by atoms with van der Waals surface area (Å²) in [4.78, 5) is 52.0. The van der Waals surface area contributed by atoms with E-state index in [1.165, 1.54) is 16.8 Å². The molecule has 1 aliphatic heterocycles. The zero-order valence-corrected chi connectivity index (χ0v) is 24.9. The number of thioether (sulfide) groups is 1. The number of fused-ring (bicyclic) bond motifs is 1. The topological polar surface area (TPSA) is 125 Å². The number of rotatable bonds is 6. The van der Waals surface area contributed by atoms with Gasteiger partial charge in [-0.2, -0.15) is 26.8 Å². The van der Waals surface area contributed by atoms with Crippen molar-refractivity contribution >= 4 is 41.1 Å². The number of benzene rings is 2. The lowest BCUT2D eigenvalue weighted by Crippen LogP contribution is -2.54. The Morgan fingerprint density at radius 3 is 2.60 bits per heavy atom. The molecule has 0 unspecified atom stereocenters. The van der Waals surface area contributed by atoms with E-state index in [1.807, 2.05) is 11.2 Å². The lowest BCUT2D eigenvalue weighted by atomic mass is 9.64. The number of carbonyl (C=O) groups excluding carboxylic acids is 3. The molecule has 0 N–H and O–H groups in total. The Hall–Kier alpha value is -3.88. The predicted octanol–water partition coefficient (Wildman–Crippen LogP) is 5.56. The number of halogens is 2. The van der Waals surface area contributed by atoms with E-state index in [2.05, 4.69) is 16.3 Å². The van der Waals surface area contributed by atoms with Gasteiger partial charge < -0.3 is 4.90 Å². The quantitative estimate of drug-likeness (QED) is 0.331. The molecule has 6 rings (SSSR count). The van der Waals surface area contributed by atoms with Gasteiger partial charge in [0.15, 0.2) is 0 Å². The van der Waals surface area contributed by atoms with Gasteiger partial charge in [0.2, 0.25) is 5.91 Å². The normalized spacial score (nSPS) is 19.0. The first kappa shape index (κ1) is 29.2. The Labute approximate surface area is 256 Å². The number of amides is 2. The van der Waals surface area contributed by atoms with Crippen molar-refractivity contribution in [1.29, 1.82) is 5.26 Å². The summed E-state index contributed by atoms with van der Waals surface area (Å²) in [5, 5.41) is 17.6. The fourth-order valence-corrected chi connectivity index (χ4v) is 7.26. The van der Waals surface area contributed by atoms with Crippen molar-refractivity contribution in [2.24, 2.45) is 11.1 Å². The molecule has 2 aliphatic carbocycles. The lowest BCUT2D eigenvalue weighted by Gasteiger charge is -2.40. The molecular weight excluding hydrogens is 593 g/mol. The fourth-order valence-electron chi connectivity index (χ4n) is 6.34. The molecule has 0 radical (unpaired) electrons. The van der Waals surface area contributed by atoms with Gasteiger partial charge in [0.1, 0.15) is 5.82 Å². The molecular formula is C31H27ClFN5O4S. The van der Waals surface area contributed by atoms with E-state index in [0.29, 0.717) is 60.8 Å². The summed E-state index contributed by atoms with van der Waals surface area (Å²) in [6, 6.07) is 11.0. The van der Waals surface area contributed by atoms with Crippen LogP contribution in [0.5, 0.6) is 0 Å². The second-order valence-electron chi connectivity index (χ2n) is 11.3. The molecule has 1 saturated carbocycles.